The number of nitrogens with one attached hydrogen (secondary N) is 1. The zero-order chi connectivity index (χ0) is 13.9. The van der Waals surface area contributed by atoms with Crippen LogP contribution in [-0.4, -0.2) is 50.4 Å². The van der Waals surface area contributed by atoms with E-state index in [4.69, 9.17) is 0 Å². The van der Waals surface area contributed by atoms with Gasteiger partial charge in [0.05, 0.1) is 11.4 Å². The van der Waals surface area contributed by atoms with E-state index in [1.807, 2.05) is 13.0 Å². The number of nitrogens with zero attached hydrogens (tertiary/aromatic N) is 5. The first-order chi connectivity index (χ1) is 9.74. The van der Waals surface area contributed by atoms with Gasteiger partial charge < -0.3 is 5.32 Å². The molecule has 0 spiro atoms. The van der Waals surface area contributed by atoms with Crippen LogP contribution in [-0.2, 0) is 0 Å². The number of fused-ring (bicyclic) bond motifs is 1. The smallest absolute Gasteiger partial charge is 0.200 e. The van der Waals surface area contributed by atoms with E-state index >= 15 is 0 Å². The number of hydrogen-bond acceptors (Lipinski definition) is 5. The molecule has 1 fully saturated rings. The molecular weight excluding hydrogens is 252 g/mol. The van der Waals surface area contributed by atoms with Crippen LogP contribution in [0.25, 0.3) is 5.65 Å². The second-order valence-corrected chi connectivity index (χ2v) is 5.63. The first-order valence-electron chi connectivity index (χ1n) is 7.39. The van der Waals surface area contributed by atoms with Crippen molar-refractivity contribution in [3.8, 4) is 0 Å². The van der Waals surface area contributed by atoms with Crippen molar-refractivity contribution in [3.63, 3.8) is 0 Å². The number of hydrogen-bond donors (Lipinski definition) is 1. The topological polar surface area (TPSA) is 58.3 Å². The predicted octanol–water partition coefficient (Wildman–Crippen LogP) is 1.72. The molecule has 0 aliphatic carbocycles. The Morgan fingerprint density at radius 3 is 2.90 bits per heavy atom. The molecule has 0 bridgehead atoms. The van der Waals surface area contributed by atoms with Gasteiger partial charge in [-0.2, -0.15) is 9.61 Å². The Bertz CT molecular complexity index is 572. The van der Waals surface area contributed by atoms with Crippen LogP contribution in [0, 0.1) is 6.92 Å². The Hall–Kier alpha value is -1.69. The Labute approximate surface area is 119 Å². The summed E-state index contributed by atoms with van der Waals surface area (Å²) in [5, 5.41) is 15.9. The summed E-state index contributed by atoms with van der Waals surface area (Å²) in [5.74, 6) is 0. The average Bonchev–Trinajstić information content (AvgIpc) is 2.93. The van der Waals surface area contributed by atoms with Gasteiger partial charge in [-0.3, -0.25) is 4.90 Å². The van der Waals surface area contributed by atoms with Crippen molar-refractivity contribution >= 4 is 11.3 Å². The fourth-order valence-corrected chi connectivity index (χ4v) is 2.83. The molecule has 3 rings (SSSR count). The SMILES string of the molecule is Cc1cc(NCC(C)N2CCCCC2)c2nncn2n1. The summed E-state index contributed by atoms with van der Waals surface area (Å²) in [7, 11) is 0. The summed E-state index contributed by atoms with van der Waals surface area (Å²) in [6.07, 6.45) is 5.67. The van der Waals surface area contributed by atoms with E-state index in [2.05, 4.69) is 32.4 Å². The van der Waals surface area contributed by atoms with Crippen molar-refractivity contribution in [1.29, 1.82) is 0 Å². The highest BCUT2D eigenvalue weighted by Crippen LogP contribution is 2.16. The molecule has 1 aliphatic rings. The van der Waals surface area contributed by atoms with Crippen LogP contribution in [0.4, 0.5) is 5.69 Å². The van der Waals surface area contributed by atoms with Gasteiger partial charge in [0.15, 0.2) is 0 Å². The highest BCUT2D eigenvalue weighted by molar-refractivity contribution is 5.66. The normalized spacial score (nSPS) is 18.3. The summed E-state index contributed by atoms with van der Waals surface area (Å²) in [6, 6.07) is 2.57. The number of likely N-dealkylation sites (tertiary alicyclic amines) is 1. The molecule has 2 aromatic heterocycles. The monoisotopic (exact) mass is 274 g/mol. The van der Waals surface area contributed by atoms with Crippen LogP contribution in [0.2, 0.25) is 0 Å². The standard InChI is InChI=1S/C14H22N6/c1-11-8-13(14-17-16-10-20(14)18-11)15-9-12(2)19-6-4-3-5-7-19/h8,10,12,15H,3-7,9H2,1-2H3. The van der Waals surface area contributed by atoms with Crippen molar-refractivity contribution in [1.82, 2.24) is 24.7 Å². The molecule has 6 heteroatoms. The quantitative estimate of drug-likeness (QED) is 0.920. The Balaban J connectivity index is 1.68. The highest BCUT2D eigenvalue weighted by atomic mass is 15.3. The largest absolute Gasteiger partial charge is 0.380 e. The van der Waals surface area contributed by atoms with Gasteiger partial charge >= 0.3 is 0 Å². The summed E-state index contributed by atoms with van der Waals surface area (Å²) in [6.45, 7) is 7.63. The number of piperidine rings is 1. The van der Waals surface area contributed by atoms with Crippen LogP contribution in [0.15, 0.2) is 12.4 Å². The van der Waals surface area contributed by atoms with E-state index in [1.54, 1.807) is 10.8 Å². The Kier molecular flexibility index (Phi) is 3.82. The second-order valence-electron chi connectivity index (χ2n) is 5.63. The predicted molar refractivity (Wildman–Crippen MR) is 78.9 cm³/mol. The van der Waals surface area contributed by atoms with Crippen LogP contribution in [0.3, 0.4) is 0 Å². The molecule has 1 atom stereocenters. The lowest BCUT2D eigenvalue weighted by atomic mass is 10.1. The summed E-state index contributed by atoms with van der Waals surface area (Å²) in [5.41, 5.74) is 2.77. The lowest BCUT2D eigenvalue weighted by Gasteiger charge is -2.32. The molecule has 1 N–H and O–H groups in total. The Morgan fingerprint density at radius 2 is 2.10 bits per heavy atom. The fourth-order valence-electron chi connectivity index (χ4n) is 2.83. The number of aromatic nitrogens is 4. The minimum Gasteiger partial charge on any atom is -0.380 e. The molecular formula is C14H22N6. The third kappa shape index (κ3) is 2.75. The number of anilines is 1. The van der Waals surface area contributed by atoms with Gasteiger partial charge in [-0.1, -0.05) is 6.42 Å². The second kappa shape index (κ2) is 5.75. The molecule has 20 heavy (non-hydrogen) atoms. The minimum atomic E-state index is 0.534. The zero-order valence-electron chi connectivity index (χ0n) is 12.2. The maximum absolute atomic E-state index is 4.35. The van der Waals surface area contributed by atoms with E-state index in [9.17, 15) is 0 Å². The van der Waals surface area contributed by atoms with Gasteiger partial charge in [0.2, 0.25) is 5.65 Å². The van der Waals surface area contributed by atoms with Crippen molar-refractivity contribution in [2.45, 2.75) is 39.2 Å². The van der Waals surface area contributed by atoms with Gasteiger partial charge in [0, 0.05) is 12.6 Å². The molecule has 2 aromatic rings. The third-order valence-electron chi connectivity index (χ3n) is 3.99. The summed E-state index contributed by atoms with van der Waals surface area (Å²) < 4.78 is 1.73. The molecule has 6 nitrogen and oxygen atoms in total. The maximum Gasteiger partial charge on any atom is 0.200 e. The van der Waals surface area contributed by atoms with Crippen LogP contribution in [0.1, 0.15) is 31.9 Å². The number of rotatable bonds is 4. The van der Waals surface area contributed by atoms with E-state index in [0.717, 1.165) is 23.6 Å². The van der Waals surface area contributed by atoms with Gasteiger partial charge in [0.1, 0.15) is 6.33 Å². The van der Waals surface area contributed by atoms with E-state index in [1.165, 1.54) is 32.4 Å². The summed E-state index contributed by atoms with van der Waals surface area (Å²) >= 11 is 0. The first kappa shape index (κ1) is 13.3. The lowest BCUT2D eigenvalue weighted by molar-refractivity contribution is 0.180. The summed E-state index contributed by atoms with van der Waals surface area (Å²) in [4.78, 5) is 2.56. The fraction of sp³-hybridized carbons (Fsp3) is 0.643. The molecule has 1 aliphatic heterocycles. The van der Waals surface area contributed by atoms with Gasteiger partial charge in [-0.25, -0.2) is 0 Å². The van der Waals surface area contributed by atoms with Crippen LogP contribution < -0.4 is 5.32 Å². The highest BCUT2D eigenvalue weighted by Gasteiger charge is 2.17. The lowest BCUT2D eigenvalue weighted by Crippen LogP contribution is -2.41. The molecule has 3 heterocycles. The van der Waals surface area contributed by atoms with E-state index < -0.39 is 0 Å². The van der Waals surface area contributed by atoms with Crippen molar-refractivity contribution < 1.29 is 0 Å². The van der Waals surface area contributed by atoms with E-state index in [0.29, 0.717) is 6.04 Å². The average molecular weight is 274 g/mol. The van der Waals surface area contributed by atoms with Crippen molar-refractivity contribution in [2.75, 3.05) is 25.0 Å². The molecule has 1 unspecified atom stereocenters. The molecule has 0 radical (unpaired) electrons. The van der Waals surface area contributed by atoms with Crippen LogP contribution in [0.5, 0.6) is 0 Å². The molecule has 108 valence electrons. The van der Waals surface area contributed by atoms with Crippen LogP contribution >= 0.6 is 0 Å². The maximum atomic E-state index is 4.35. The van der Waals surface area contributed by atoms with Gasteiger partial charge in [-0.15, -0.1) is 10.2 Å². The zero-order valence-corrected chi connectivity index (χ0v) is 12.2. The van der Waals surface area contributed by atoms with Crippen molar-refractivity contribution in [2.24, 2.45) is 0 Å². The first-order valence-corrected chi connectivity index (χ1v) is 7.39. The van der Waals surface area contributed by atoms with Gasteiger partial charge in [0.25, 0.3) is 0 Å². The minimum absolute atomic E-state index is 0.534. The third-order valence-corrected chi connectivity index (χ3v) is 3.99. The van der Waals surface area contributed by atoms with E-state index in [-0.39, 0.29) is 0 Å². The van der Waals surface area contributed by atoms with Crippen molar-refractivity contribution in [3.05, 3.63) is 18.1 Å². The molecule has 0 saturated carbocycles. The van der Waals surface area contributed by atoms with Gasteiger partial charge in [-0.05, 0) is 45.8 Å². The molecule has 1 saturated heterocycles. The Morgan fingerprint density at radius 1 is 1.30 bits per heavy atom. The molecule has 0 amide bonds. The molecule has 0 aromatic carbocycles. The number of aryl methyl sites for hydroxylation is 1.